The van der Waals surface area contributed by atoms with Crippen LogP contribution in [0.1, 0.15) is 22.3 Å². The van der Waals surface area contributed by atoms with E-state index >= 15 is 0 Å². The third-order valence-electron chi connectivity index (χ3n) is 1.49. The molecule has 0 radical (unpaired) electrons. The molecule has 1 rings (SSSR count). The molecule has 1 heterocycles. The van der Waals surface area contributed by atoms with Crippen molar-refractivity contribution in [2.24, 2.45) is 5.73 Å². The van der Waals surface area contributed by atoms with E-state index in [1.807, 2.05) is 0 Å². The number of halogens is 4. The average Bonchev–Trinajstić information content (AvgIpc) is 2.07. The van der Waals surface area contributed by atoms with Gasteiger partial charge in [-0.15, -0.1) is 0 Å². The monoisotopic (exact) mass is 376 g/mol. The fourth-order valence-electron chi connectivity index (χ4n) is 0.926. The Kier molecular flexibility index (Phi) is 3.76. The molecular weight excluding hydrogens is 373 g/mol. The summed E-state index contributed by atoms with van der Waals surface area (Å²) in [5.74, 6) is -0.904. The lowest BCUT2D eigenvalue weighted by atomic mass is 10.1. The zero-order valence-electron chi connectivity index (χ0n) is 6.60. The number of pyridine rings is 1. The molecular formula is C7H4BrF2IN2O. The predicted molar refractivity (Wildman–Crippen MR) is 58.1 cm³/mol. The molecule has 0 unspecified atom stereocenters. The fraction of sp³-hybridized carbons (Fsp3) is 0.143. The van der Waals surface area contributed by atoms with E-state index in [1.165, 1.54) is 6.20 Å². The molecule has 14 heavy (non-hydrogen) atoms. The number of hydrogen-bond acceptors (Lipinski definition) is 2. The van der Waals surface area contributed by atoms with Crippen molar-refractivity contribution in [2.75, 3.05) is 0 Å². The molecule has 1 aromatic rings. The van der Waals surface area contributed by atoms with Crippen molar-refractivity contribution in [2.45, 2.75) is 6.43 Å². The fourth-order valence-corrected chi connectivity index (χ4v) is 2.09. The quantitative estimate of drug-likeness (QED) is 0.636. The normalized spacial score (nSPS) is 10.6. The molecule has 7 heteroatoms. The van der Waals surface area contributed by atoms with Crippen molar-refractivity contribution in [1.29, 1.82) is 0 Å². The number of carbonyl (C=O) groups is 1. The van der Waals surface area contributed by atoms with Crippen LogP contribution in [0, 0.1) is 3.70 Å². The van der Waals surface area contributed by atoms with Crippen LogP contribution in [-0.2, 0) is 0 Å². The molecule has 2 N–H and O–H groups in total. The van der Waals surface area contributed by atoms with Gasteiger partial charge < -0.3 is 5.73 Å². The minimum atomic E-state index is -2.76. The van der Waals surface area contributed by atoms with Gasteiger partial charge in [-0.05, 0) is 38.5 Å². The molecule has 1 amide bonds. The van der Waals surface area contributed by atoms with Crippen molar-refractivity contribution in [1.82, 2.24) is 4.98 Å². The Hall–Kier alpha value is -0.310. The van der Waals surface area contributed by atoms with Crippen LogP contribution in [0.15, 0.2) is 10.7 Å². The van der Waals surface area contributed by atoms with E-state index in [0.29, 0.717) is 0 Å². The molecule has 76 valence electrons. The van der Waals surface area contributed by atoms with Crippen LogP contribution in [0.25, 0.3) is 0 Å². The van der Waals surface area contributed by atoms with E-state index in [0.717, 1.165) is 0 Å². The number of hydrogen-bond donors (Lipinski definition) is 1. The van der Waals surface area contributed by atoms with E-state index in [2.05, 4.69) is 20.9 Å². The van der Waals surface area contributed by atoms with Gasteiger partial charge in [0, 0.05) is 16.2 Å². The molecule has 0 aromatic carbocycles. The van der Waals surface area contributed by atoms with E-state index in [9.17, 15) is 13.6 Å². The van der Waals surface area contributed by atoms with Gasteiger partial charge in [0.1, 0.15) is 3.70 Å². The van der Waals surface area contributed by atoms with E-state index < -0.39 is 17.9 Å². The van der Waals surface area contributed by atoms with Crippen LogP contribution in [0.2, 0.25) is 0 Å². The Morgan fingerprint density at radius 2 is 2.21 bits per heavy atom. The summed E-state index contributed by atoms with van der Waals surface area (Å²) >= 11 is 4.58. The molecule has 0 bridgehead atoms. The first-order valence-corrected chi connectivity index (χ1v) is 5.24. The average molecular weight is 377 g/mol. The Bertz CT molecular complexity index is 386. The molecule has 0 aliphatic heterocycles. The standard InChI is InChI=1S/C7H4BrF2IN2O/c8-2-1-13-6(11)4(7(12)14)3(2)5(9)10/h1,5H,(H2,12,14). The molecule has 0 saturated heterocycles. The lowest BCUT2D eigenvalue weighted by Gasteiger charge is -2.08. The van der Waals surface area contributed by atoms with Gasteiger partial charge in [-0.3, -0.25) is 4.79 Å². The van der Waals surface area contributed by atoms with Crippen molar-refractivity contribution in [3.63, 3.8) is 0 Å². The van der Waals surface area contributed by atoms with Crippen molar-refractivity contribution in [3.8, 4) is 0 Å². The Morgan fingerprint density at radius 3 is 2.57 bits per heavy atom. The van der Waals surface area contributed by atoms with E-state index in [4.69, 9.17) is 5.73 Å². The summed E-state index contributed by atoms with van der Waals surface area (Å²) in [7, 11) is 0. The van der Waals surface area contributed by atoms with Crippen LogP contribution in [0.4, 0.5) is 8.78 Å². The second kappa shape index (κ2) is 4.47. The molecule has 1 aromatic heterocycles. The van der Waals surface area contributed by atoms with Gasteiger partial charge in [0.25, 0.3) is 12.3 Å². The maximum atomic E-state index is 12.6. The maximum Gasteiger partial charge on any atom is 0.265 e. The van der Waals surface area contributed by atoms with Gasteiger partial charge in [-0.25, -0.2) is 13.8 Å². The number of carbonyl (C=O) groups excluding carboxylic acids is 1. The van der Waals surface area contributed by atoms with Crippen LogP contribution in [0.3, 0.4) is 0 Å². The molecule has 0 spiro atoms. The second-order valence-electron chi connectivity index (χ2n) is 2.35. The Morgan fingerprint density at radius 1 is 1.64 bits per heavy atom. The minimum absolute atomic E-state index is 0.0849. The summed E-state index contributed by atoms with van der Waals surface area (Å²) in [5, 5.41) is 0. The van der Waals surface area contributed by atoms with Crippen LogP contribution < -0.4 is 5.73 Å². The lowest BCUT2D eigenvalue weighted by Crippen LogP contribution is -2.17. The Labute approximate surface area is 100 Å². The van der Waals surface area contributed by atoms with Crippen molar-refractivity contribution < 1.29 is 13.6 Å². The minimum Gasteiger partial charge on any atom is -0.366 e. The highest BCUT2D eigenvalue weighted by Crippen LogP contribution is 2.31. The number of nitrogens with two attached hydrogens (primary N) is 1. The number of rotatable bonds is 2. The van der Waals surface area contributed by atoms with Gasteiger partial charge in [0.2, 0.25) is 0 Å². The SMILES string of the molecule is NC(=O)c1c(I)ncc(Br)c1C(F)F. The molecule has 0 aliphatic rings. The number of nitrogens with zero attached hydrogens (tertiary/aromatic N) is 1. The first-order chi connectivity index (χ1) is 6.45. The molecule has 3 nitrogen and oxygen atoms in total. The van der Waals surface area contributed by atoms with Gasteiger partial charge in [-0.2, -0.15) is 0 Å². The predicted octanol–water partition coefficient (Wildman–Crippen LogP) is 2.49. The smallest absolute Gasteiger partial charge is 0.265 e. The van der Waals surface area contributed by atoms with Crippen LogP contribution in [-0.4, -0.2) is 10.9 Å². The summed E-state index contributed by atoms with van der Waals surface area (Å²) in [4.78, 5) is 14.7. The number of aromatic nitrogens is 1. The third kappa shape index (κ3) is 2.19. The zero-order valence-corrected chi connectivity index (χ0v) is 10.3. The summed E-state index contributed by atoms with van der Waals surface area (Å²) in [6, 6.07) is 0. The molecule has 0 saturated carbocycles. The number of amides is 1. The van der Waals surface area contributed by atoms with Crippen molar-refractivity contribution >= 4 is 44.4 Å². The topological polar surface area (TPSA) is 56.0 Å². The van der Waals surface area contributed by atoms with Crippen LogP contribution >= 0.6 is 38.5 Å². The summed E-state index contributed by atoms with van der Waals surface area (Å²) in [5.41, 5.74) is 4.35. The molecule has 0 atom stereocenters. The summed E-state index contributed by atoms with van der Waals surface area (Å²) in [6.07, 6.45) is -1.54. The lowest BCUT2D eigenvalue weighted by molar-refractivity contribution is 0.0984. The molecule has 0 fully saturated rings. The van der Waals surface area contributed by atoms with Gasteiger partial charge >= 0.3 is 0 Å². The largest absolute Gasteiger partial charge is 0.366 e. The highest BCUT2D eigenvalue weighted by molar-refractivity contribution is 14.1. The number of alkyl halides is 2. The third-order valence-corrected chi connectivity index (χ3v) is 2.94. The summed E-state index contributed by atoms with van der Waals surface area (Å²) in [6.45, 7) is 0. The van der Waals surface area contributed by atoms with E-state index in [-0.39, 0.29) is 13.7 Å². The molecule has 0 aliphatic carbocycles. The van der Waals surface area contributed by atoms with E-state index in [1.54, 1.807) is 22.6 Å². The first-order valence-electron chi connectivity index (χ1n) is 3.37. The summed E-state index contributed by atoms with van der Waals surface area (Å²) < 4.78 is 25.4. The van der Waals surface area contributed by atoms with Crippen molar-refractivity contribution in [3.05, 3.63) is 25.5 Å². The highest BCUT2D eigenvalue weighted by atomic mass is 127. The zero-order chi connectivity index (χ0) is 10.9. The van der Waals surface area contributed by atoms with Gasteiger partial charge in [-0.1, -0.05) is 0 Å². The van der Waals surface area contributed by atoms with Gasteiger partial charge in [0.05, 0.1) is 5.56 Å². The Balaban J connectivity index is 3.50. The van der Waals surface area contributed by atoms with Crippen LogP contribution in [0.5, 0.6) is 0 Å². The highest BCUT2D eigenvalue weighted by Gasteiger charge is 2.23. The number of primary amides is 1. The maximum absolute atomic E-state index is 12.6. The second-order valence-corrected chi connectivity index (χ2v) is 4.23. The van der Waals surface area contributed by atoms with Gasteiger partial charge in [0.15, 0.2) is 0 Å². The first kappa shape index (κ1) is 11.8.